The first-order chi connectivity index (χ1) is 9.33. The molecule has 0 N–H and O–H groups in total. The lowest BCUT2D eigenvalue weighted by Gasteiger charge is -2.37. The van der Waals surface area contributed by atoms with Crippen molar-refractivity contribution in [1.29, 1.82) is 0 Å². The molecular weight excluding hydrogens is 260 g/mol. The van der Waals surface area contributed by atoms with Gasteiger partial charge in [-0.05, 0) is 30.0 Å². The van der Waals surface area contributed by atoms with Crippen LogP contribution < -0.4 is 0 Å². The van der Waals surface area contributed by atoms with E-state index in [4.69, 9.17) is 11.6 Å². The van der Waals surface area contributed by atoms with E-state index in [1.165, 1.54) is 12.0 Å². The summed E-state index contributed by atoms with van der Waals surface area (Å²) in [4.78, 5) is 0. The normalized spacial score (nSPS) is 48.2. The van der Waals surface area contributed by atoms with Crippen molar-refractivity contribution >= 4 is 11.6 Å². The molecule has 5 rings (SSSR count). The van der Waals surface area contributed by atoms with Crippen LogP contribution in [0.3, 0.4) is 0 Å². The van der Waals surface area contributed by atoms with E-state index in [-0.39, 0.29) is 6.04 Å². The summed E-state index contributed by atoms with van der Waals surface area (Å²) >= 11 is 5.96. The van der Waals surface area contributed by atoms with Gasteiger partial charge in [-0.3, -0.25) is 0 Å². The minimum Gasteiger partial charge on any atom is -0.189 e. The van der Waals surface area contributed by atoms with Crippen LogP contribution in [0.15, 0.2) is 44.7 Å². The lowest BCUT2D eigenvalue weighted by molar-refractivity contribution is 0.189. The Labute approximate surface area is 116 Å². The number of azo groups is 2. The van der Waals surface area contributed by atoms with Crippen molar-refractivity contribution in [2.75, 3.05) is 0 Å². The summed E-state index contributed by atoms with van der Waals surface area (Å²) in [5, 5.41) is 18.5. The highest BCUT2D eigenvalue weighted by molar-refractivity contribution is 6.30. The second-order valence-electron chi connectivity index (χ2n) is 6.07. The molecule has 4 nitrogen and oxygen atoms in total. The molecular formula is C14H13ClN4. The van der Waals surface area contributed by atoms with Crippen LogP contribution in [0, 0.1) is 17.8 Å². The summed E-state index contributed by atoms with van der Waals surface area (Å²) in [5.74, 6) is 1.76. The first-order valence-electron chi connectivity index (χ1n) is 6.88. The van der Waals surface area contributed by atoms with Gasteiger partial charge in [0.2, 0.25) is 0 Å². The number of hydrogen-bond donors (Lipinski definition) is 0. The minimum atomic E-state index is 0.203. The molecule has 0 amide bonds. The van der Waals surface area contributed by atoms with Crippen molar-refractivity contribution in [3.8, 4) is 0 Å². The van der Waals surface area contributed by atoms with Crippen molar-refractivity contribution in [1.82, 2.24) is 0 Å². The maximum Gasteiger partial charge on any atom is 0.101 e. The first kappa shape index (κ1) is 10.5. The van der Waals surface area contributed by atoms with Gasteiger partial charge in [0.1, 0.15) is 12.1 Å². The third-order valence-corrected chi connectivity index (χ3v) is 5.58. The maximum atomic E-state index is 5.96. The molecule has 3 unspecified atom stereocenters. The van der Waals surface area contributed by atoms with E-state index < -0.39 is 0 Å². The second kappa shape index (κ2) is 3.42. The van der Waals surface area contributed by atoms with Gasteiger partial charge in [0, 0.05) is 16.9 Å². The van der Waals surface area contributed by atoms with Crippen molar-refractivity contribution in [2.45, 2.75) is 30.6 Å². The van der Waals surface area contributed by atoms with Gasteiger partial charge in [-0.2, -0.15) is 20.5 Å². The van der Waals surface area contributed by atoms with E-state index in [9.17, 15) is 0 Å². The quantitative estimate of drug-likeness (QED) is 0.749. The predicted octanol–water partition coefficient (Wildman–Crippen LogP) is 3.68. The predicted molar refractivity (Wildman–Crippen MR) is 70.4 cm³/mol. The molecule has 7 atom stereocenters. The fraction of sp³-hybridized carbons (Fsp3) is 0.571. The van der Waals surface area contributed by atoms with Crippen molar-refractivity contribution < 1.29 is 0 Å². The van der Waals surface area contributed by atoms with Crippen molar-refractivity contribution in [3.63, 3.8) is 0 Å². The Morgan fingerprint density at radius 2 is 1.53 bits per heavy atom. The van der Waals surface area contributed by atoms with E-state index >= 15 is 0 Å². The average molecular weight is 273 g/mol. The summed E-state index contributed by atoms with van der Waals surface area (Å²) in [6.45, 7) is 0. The van der Waals surface area contributed by atoms with Crippen LogP contribution in [-0.4, -0.2) is 18.1 Å². The molecule has 2 aliphatic heterocycles. The van der Waals surface area contributed by atoms with E-state index in [2.05, 4.69) is 32.6 Å². The molecule has 2 bridgehead atoms. The van der Waals surface area contributed by atoms with Crippen LogP contribution in [0.2, 0.25) is 5.02 Å². The van der Waals surface area contributed by atoms with Crippen LogP contribution in [0.5, 0.6) is 0 Å². The van der Waals surface area contributed by atoms with Gasteiger partial charge in [0.15, 0.2) is 0 Å². The number of nitrogens with zero attached hydrogens (tertiary/aromatic N) is 4. The molecule has 2 fully saturated rings. The largest absolute Gasteiger partial charge is 0.189 e. The van der Waals surface area contributed by atoms with Crippen LogP contribution in [0.25, 0.3) is 0 Å². The fourth-order valence-corrected chi connectivity index (χ4v) is 4.64. The topological polar surface area (TPSA) is 49.4 Å². The van der Waals surface area contributed by atoms with Crippen molar-refractivity contribution in [3.05, 3.63) is 34.9 Å². The number of rotatable bonds is 1. The van der Waals surface area contributed by atoms with Crippen LogP contribution in [0.1, 0.15) is 18.0 Å². The monoisotopic (exact) mass is 272 g/mol. The molecule has 1 aromatic carbocycles. The van der Waals surface area contributed by atoms with Gasteiger partial charge < -0.3 is 0 Å². The first-order valence-corrected chi connectivity index (χ1v) is 7.26. The Morgan fingerprint density at radius 3 is 2.26 bits per heavy atom. The van der Waals surface area contributed by atoms with Gasteiger partial charge in [0.05, 0.1) is 12.1 Å². The molecule has 2 saturated carbocycles. The highest BCUT2D eigenvalue weighted by atomic mass is 35.5. The zero-order valence-electron chi connectivity index (χ0n) is 10.2. The van der Waals surface area contributed by atoms with Gasteiger partial charge in [-0.15, -0.1) is 0 Å². The molecule has 96 valence electrons. The molecule has 19 heavy (non-hydrogen) atoms. The zero-order valence-corrected chi connectivity index (χ0v) is 11.0. The summed E-state index contributed by atoms with van der Waals surface area (Å²) in [6.07, 6.45) is 1.24. The third kappa shape index (κ3) is 1.21. The van der Waals surface area contributed by atoms with Crippen LogP contribution in [-0.2, 0) is 0 Å². The third-order valence-electron chi connectivity index (χ3n) is 5.33. The van der Waals surface area contributed by atoms with E-state index in [1.807, 2.05) is 12.1 Å². The lowest BCUT2D eigenvalue weighted by Crippen LogP contribution is -2.46. The smallest absolute Gasteiger partial charge is 0.101 e. The second-order valence-corrected chi connectivity index (χ2v) is 6.51. The summed E-state index contributed by atoms with van der Waals surface area (Å²) in [7, 11) is 0. The van der Waals surface area contributed by atoms with E-state index in [1.54, 1.807) is 0 Å². The molecule has 0 saturated heterocycles. The standard InChI is InChI=1S/C14H13ClN4/c15-7-3-1-6(2-4-7)11-10-8-5-9(12(10)17-16-11)14-13(8)18-19-14/h1-4,8-14H,5H2/t8-,9+,10?,11?,12?,13-,14+/m0/s1. The Kier molecular flexibility index (Phi) is 1.89. The fourth-order valence-electron chi connectivity index (χ4n) is 4.51. The van der Waals surface area contributed by atoms with Gasteiger partial charge >= 0.3 is 0 Å². The Morgan fingerprint density at radius 1 is 0.842 bits per heavy atom. The van der Waals surface area contributed by atoms with E-state index in [0.29, 0.717) is 35.9 Å². The minimum absolute atomic E-state index is 0.203. The van der Waals surface area contributed by atoms with Gasteiger partial charge in [0.25, 0.3) is 0 Å². The Bertz CT molecular complexity index is 596. The molecule has 2 aliphatic carbocycles. The molecule has 2 heterocycles. The van der Waals surface area contributed by atoms with E-state index in [0.717, 1.165) is 5.02 Å². The lowest BCUT2D eigenvalue weighted by atomic mass is 9.74. The molecule has 0 radical (unpaired) electrons. The number of fused-ring (bicyclic) bond motifs is 8. The van der Waals surface area contributed by atoms with Crippen LogP contribution in [0.4, 0.5) is 0 Å². The zero-order chi connectivity index (χ0) is 12.6. The molecule has 5 heteroatoms. The number of halogens is 1. The van der Waals surface area contributed by atoms with Gasteiger partial charge in [-0.25, -0.2) is 0 Å². The van der Waals surface area contributed by atoms with Crippen LogP contribution >= 0.6 is 11.6 Å². The highest BCUT2D eigenvalue weighted by Gasteiger charge is 2.65. The van der Waals surface area contributed by atoms with Crippen molar-refractivity contribution in [2.24, 2.45) is 38.2 Å². The SMILES string of the molecule is Clc1ccc(C2N=NC3C2[C@@H]2C[C@H]3[C@H]3N=N[C@H]32)cc1. The summed E-state index contributed by atoms with van der Waals surface area (Å²) < 4.78 is 0. The number of benzene rings is 1. The molecule has 0 spiro atoms. The molecule has 0 aromatic heterocycles. The number of hydrogen-bond acceptors (Lipinski definition) is 4. The summed E-state index contributed by atoms with van der Waals surface area (Å²) in [6, 6.07) is 9.55. The maximum absolute atomic E-state index is 5.96. The molecule has 4 aliphatic rings. The summed E-state index contributed by atoms with van der Waals surface area (Å²) in [5.41, 5.74) is 1.24. The average Bonchev–Trinajstić information content (AvgIpc) is 2.98. The Hall–Kier alpha value is -1.29. The van der Waals surface area contributed by atoms with Gasteiger partial charge in [-0.1, -0.05) is 23.7 Å². The highest BCUT2D eigenvalue weighted by Crippen LogP contribution is 2.61. The molecule has 1 aromatic rings. The Balaban J connectivity index is 1.52.